The van der Waals surface area contributed by atoms with Crippen molar-refractivity contribution in [3.8, 4) is 22.5 Å². The number of amides is 1. The van der Waals surface area contributed by atoms with E-state index in [0.29, 0.717) is 24.4 Å². The molecule has 4 heterocycles. The minimum Gasteiger partial charge on any atom is -0.336 e. The Morgan fingerprint density at radius 1 is 0.925 bits per heavy atom. The lowest BCUT2D eigenvalue weighted by Crippen LogP contribution is -2.46. The number of nitrogens with zero attached hydrogens (tertiary/aromatic N) is 6. The smallest absolute Gasteiger partial charge is 0.253 e. The summed E-state index contributed by atoms with van der Waals surface area (Å²) in [6.07, 6.45) is 7.74. The van der Waals surface area contributed by atoms with Crippen molar-refractivity contribution < 1.29 is 9.18 Å². The molecule has 1 saturated heterocycles. The summed E-state index contributed by atoms with van der Waals surface area (Å²) >= 11 is 0. The van der Waals surface area contributed by atoms with E-state index in [1.54, 1.807) is 30.7 Å². The fourth-order valence-corrected chi connectivity index (χ4v) is 4.82. The van der Waals surface area contributed by atoms with Crippen LogP contribution in [-0.4, -0.2) is 61.7 Å². The normalized spacial score (nSPS) is 13.4. The van der Waals surface area contributed by atoms with Crippen LogP contribution in [0, 0.1) is 5.82 Å². The molecule has 8 nitrogen and oxygen atoms in total. The number of rotatable bonds is 7. The van der Waals surface area contributed by atoms with Crippen LogP contribution in [0.4, 0.5) is 4.39 Å². The molecule has 5 aromatic rings. The molecule has 3 aromatic heterocycles. The van der Waals surface area contributed by atoms with Gasteiger partial charge < -0.3 is 10.2 Å². The molecule has 2 aromatic carbocycles. The van der Waals surface area contributed by atoms with E-state index >= 15 is 0 Å². The van der Waals surface area contributed by atoms with Gasteiger partial charge in [0.05, 0.1) is 12.2 Å². The molecule has 40 heavy (non-hydrogen) atoms. The number of carbonyl (C=O) groups excluding carboxylic acids is 1. The summed E-state index contributed by atoms with van der Waals surface area (Å²) in [7, 11) is 0. The number of hydrogen-bond acceptors (Lipinski definition) is 6. The number of carbonyl (C=O) groups is 1. The van der Waals surface area contributed by atoms with E-state index in [9.17, 15) is 9.18 Å². The van der Waals surface area contributed by atoms with Gasteiger partial charge in [-0.15, -0.1) is 0 Å². The zero-order valence-electron chi connectivity index (χ0n) is 21.9. The Labute approximate surface area is 231 Å². The van der Waals surface area contributed by atoms with Crippen LogP contribution in [0.3, 0.4) is 0 Å². The molecule has 1 fully saturated rings. The average molecular weight is 534 g/mol. The Bertz CT molecular complexity index is 1600. The van der Waals surface area contributed by atoms with Crippen LogP contribution in [0.2, 0.25) is 0 Å². The topological polar surface area (TPSA) is 88.8 Å². The minimum absolute atomic E-state index is 0.0619. The molecule has 0 saturated carbocycles. The fourth-order valence-electron chi connectivity index (χ4n) is 4.82. The Hall–Kier alpha value is -4.76. The molecule has 0 unspecified atom stereocenters. The molecule has 200 valence electrons. The van der Waals surface area contributed by atoms with E-state index in [2.05, 4.69) is 15.3 Å². The van der Waals surface area contributed by atoms with E-state index in [-0.39, 0.29) is 11.7 Å². The van der Waals surface area contributed by atoms with E-state index in [1.165, 1.54) is 12.1 Å². The maximum Gasteiger partial charge on any atom is 0.253 e. The number of piperazine rings is 1. The number of aromatic nitrogens is 5. The molecular weight excluding hydrogens is 505 g/mol. The van der Waals surface area contributed by atoms with Gasteiger partial charge in [0.1, 0.15) is 17.3 Å². The third-order valence-corrected chi connectivity index (χ3v) is 6.90. The summed E-state index contributed by atoms with van der Waals surface area (Å²) < 4.78 is 15.2. The van der Waals surface area contributed by atoms with Gasteiger partial charge in [0.2, 0.25) is 0 Å². The third kappa shape index (κ3) is 5.79. The first-order valence-corrected chi connectivity index (χ1v) is 13.3. The molecule has 0 aliphatic carbocycles. The van der Waals surface area contributed by atoms with Crippen LogP contribution in [-0.2, 0) is 13.0 Å². The summed E-state index contributed by atoms with van der Waals surface area (Å²) in [5.41, 5.74) is 5.89. The molecule has 6 rings (SSSR count). The third-order valence-electron chi connectivity index (χ3n) is 6.90. The molecule has 9 heteroatoms. The van der Waals surface area contributed by atoms with Crippen molar-refractivity contribution in [3.63, 3.8) is 0 Å². The number of pyridine rings is 1. The average Bonchev–Trinajstić information content (AvgIpc) is 3.43. The van der Waals surface area contributed by atoms with Gasteiger partial charge in [-0.05, 0) is 53.6 Å². The standard InChI is InChI=1S/C31H28FN7O/c32-26-9-5-23(6-10-26)20-39-21-27(30(37-39)25-2-1-12-34-19-25)28-11-13-35-29(36-28)18-22-3-7-24(8-4-22)31(40)38-16-14-33-15-17-38/h1-13,19,21,33H,14-18,20H2. The number of halogens is 1. The lowest BCUT2D eigenvalue weighted by Gasteiger charge is -2.27. The molecule has 0 atom stereocenters. The van der Waals surface area contributed by atoms with Gasteiger partial charge in [0.15, 0.2) is 0 Å². The minimum atomic E-state index is -0.268. The van der Waals surface area contributed by atoms with Crippen LogP contribution in [0.5, 0.6) is 0 Å². The number of nitrogens with one attached hydrogen (secondary N) is 1. The number of hydrogen-bond donors (Lipinski definition) is 1. The van der Waals surface area contributed by atoms with Crippen molar-refractivity contribution >= 4 is 5.91 Å². The summed E-state index contributed by atoms with van der Waals surface area (Å²) in [5.74, 6) is 0.462. The second-order valence-electron chi connectivity index (χ2n) is 9.73. The summed E-state index contributed by atoms with van der Waals surface area (Å²) in [6.45, 7) is 3.59. The maximum absolute atomic E-state index is 13.4. The van der Waals surface area contributed by atoms with Gasteiger partial charge >= 0.3 is 0 Å². The van der Waals surface area contributed by atoms with Crippen molar-refractivity contribution in [2.45, 2.75) is 13.0 Å². The zero-order chi connectivity index (χ0) is 27.3. The second kappa shape index (κ2) is 11.5. The van der Waals surface area contributed by atoms with Crippen molar-refractivity contribution in [1.82, 2.24) is 34.9 Å². The summed E-state index contributed by atoms with van der Waals surface area (Å²) in [4.78, 5) is 28.3. The Morgan fingerprint density at radius 3 is 2.45 bits per heavy atom. The SMILES string of the molecule is O=C(c1ccc(Cc2nccc(-c3cn(Cc4ccc(F)cc4)nc3-c3cccnc3)n2)cc1)N1CCNCC1. The van der Waals surface area contributed by atoms with E-state index in [0.717, 1.165) is 59.8 Å². The van der Waals surface area contributed by atoms with Gasteiger partial charge in [-0.1, -0.05) is 24.3 Å². The highest BCUT2D eigenvalue weighted by molar-refractivity contribution is 5.94. The zero-order valence-corrected chi connectivity index (χ0v) is 21.9. The Kier molecular flexibility index (Phi) is 7.37. The Morgan fingerprint density at radius 2 is 1.70 bits per heavy atom. The first-order chi connectivity index (χ1) is 19.6. The number of benzene rings is 2. The molecule has 1 aliphatic heterocycles. The molecule has 1 aliphatic rings. The lowest BCUT2D eigenvalue weighted by molar-refractivity contribution is 0.0736. The van der Waals surface area contributed by atoms with Crippen LogP contribution in [0.25, 0.3) is 22.5 Å². The lowest BCUT2D eigenvalue weighted by atomic mass is 10.1. The monoisotopic (exact) mass is 533 g/mol. The fraction of sp³-hybridized carbons (Fsp3) is 0.194. The van der Waals surface area contributed by atoms with Crippen molar-refractivity contribution in [1.29, 1.82) is 0 Å². The van der Waals surface area contributed by atoms with Gasteiger partial charge in [0, 0.05) is 74.1 Å². The van der Waals surface area contributed by atoms with Crippen molar-refractivity contribution in [2.24, 2.45) is 0 Å². The highest BCUT2D eigenvalue weighted by Crippen LogP contribution is 2.30. The summed E-state index contributed by atoms with van der Waals surface area (Å²) in [5, 5.41) is 8.11. The van der Waals surface area contributed by atoms with Crippen molar-refractivity contribution in [2.75, 3.05) is 26.2 Å². The molecule has 0 radical (unpaired) electrons. The van der Waals surface area contributed by atoms with Crippen LogP contribution in [0.15, 0.2) is 91.5 Å². The highest BCUT2D eigenvalue weighted by atomic mass is 19.1. The molecule has 1 amide bonds. The molecular formula is C31H28FN7O. The maximum atomic E-state index is 13.4. The van der Waals surface area contributed by atoms with E-state index < -0.39 is 0 Å². The van der Waals surface area contributed by atoms with Crippen LogP contribution < -0.4 is 5.32 Å². The summed E-state index contributed by atoms with van der Waals surface area (Å²) in [6, 6.07) is 19.8. The van der Waals surface area contributed by atoms with E-state index in [4.69, 9.17) is 10.1 Å². The largest absolute Gasteiger partial charge is 0.336 e. The highest BCUT2D eigenvalue weighted by Gasteiger charge is 2.18. The van der Waals surface area contributed by atoms with Gasteiger partial charge in [-0.25, -0.2) is 14.4 Å². The predicted molar refractivity (Wildman–Crippen MR) is 150 cm³/mol. The Balaban J connectivity index is 1.25. The van der Waals surface area contributed by atoms with Crippen LogP contribution >= 0.6 is 0 Å². The predicted octanol–water partition coefficient (Wildman–Crippen LogP) is 4.23. The quantitative estimate of drug-likeness (QED) is 0.337. The van der Waals surface area contributed by atoms with Crippen LogP contribution in [0.1, 0.15) is 27.3 Å². The van der Waals surface area contributed by atoms with Gasteiger partial charge in [0.25, 0.3) is 5.91 Å². The first-order valence-electron chi connectivity index (χ1n) is 13.3. The van der Waals surface area contributed by atoms with Gasteiger partial charge in [-0.3, -0.25) is 14.5 Å². The van der Waals surface area contributed by atoms with E-state index in [1.807, 2.05) is 58.2 Å². The van der Waals surface area contributed by atoms with Crippen molar-refractivity contribution in [3.05, 3.63) is 120 Å². The molecule has 0 bridgehead atoms. The van der Waals surface area contributed by atoms with Gasteiger partial charge in [-0.2, -0.15) is 5.10 Å². The second-order valence-corrected chi connectivity index (χ2v) is 9.73. The first kappa shape index (κ1) is 25.5. The molecule has 1 N–H and O–H groups in total. The molecule has 0 spiro atoms.